The summed E-state index contributed by atoms with van der Waals surface area (Å²) in [6.07, 6.45) is -5.57. The van der Waals surface area contributed by atoms with Gasteiger partial charge in [-0.05, 0) is 0 Å². The van der Waals surface area contributed by atoms with Gasteiger partial charge < -0.3 is 34.6 Å². The van der Waals surface area contributed by atoms with Gasteiger partial charge in [-0.15, -0.1) is 0 Å². The average Bonchev–Trinajstić information content (AvgIpc) is 2.86. The molecule has 7 atom stereocenters. The zero-order valence-corrected chi connectivity index (χ0v) is 17.4. The maximum absolute atomic E-state index is 11.8. The van der Waals surface area contributed by atoms with Crippen molar-refractivity contribution in [2.24, 2.45) is 0 Å². The van der Waals surface area contributed by atoms with Crippen LogP contribution in [0.3, 0.4) is 0 Å². The molecule has 1 aliphatic rings. The van der Waals surface area contributed by atoms with Crippen molar-refractivity contribution >= 4 is 23.5 Å². The number of hydrogen-bond acceptors (Lipinski definition) is 12. The second kappa shape index (κ2) is 9.22. The summed E-state index contributed by atoms with van der Waals surface area (Å²) in [7, 11) is -15.5. The number of nitrogens with one attached hydrogen (secondary N) is 2. The Morgan fingerprint density at radius 3 is 2.20 bits per heavy atom. The molecule has 0 bridgehead atoms. The molecule has 7 N–H and O–H groups in total. The number of aromatic nitrogens is 2. The lowest BCUT2D eigenvalue weighted by Crippen LogP contribution is -2.34. The average molecular weight is 498 g/mol. The van der Waals surface area contributed by atoms with Gasteiger partial charge in [-0.3, -0.25) is 18.8 Å². The van der Waals surface area contributed by atoms with Gasteiger partial charge in [-0.1, -0.05) is 0 Å². The lowest BCUT2D eigenvalue weighted by molar-refractivity contribution is -0.0227. The Hall–Kier alpha value is -1.03. The molecule has 2 heterocycles. The largest absolute Gasteiger partial charge is 0.490 e. The third-order valence-corrected chi connectivity index (χ3v) is 7.80. The molecule has 2 rings (SSSR count). The molecule has 0 spiro atoms. The topological polar surface area (TPSA) is 264 Å². The summed E-state index contributed by atoms with van der Waals surface area (Å²) >= 11 is 0. The number of aromatic amines is 2. The first-order chi connectivity index (χ1) is 13.7. The van der Waals surface area contributed by atoms with Crippen LogP contribution in [-0.4, -0.2) is 66.9 Å². The molecule has 5 unspecified atom stereocenters. The van der Waals surface area contributed by atoms with Crippen LogP contribution >= 0.6 is 23.5 Å². The monoisotopic (exact) mass is 498 g/mol. The van der Waals surface area contributed by atoms with Crippen molar-refractivity contribution in [1.29, 1.82) is 0 Å². The Balaban J connectivity index is 2.05. The summed E-state index contributed by atoms with van der Waals surface area (Å²) in [5.74, 6) is 0. The quantitative estimate of drug-likeness (QED) is 0.186. The van der Waals surface area contributed by atoms with E-state index in [1.807, 2.05) is 4.98 Å². The highest BCUT2D eigenvalue weighted by Crippen LogP contribution is 2.67. The van der Waals surface area contributed by atoms with E-state index in [4.69, 9.17) is 9.63 Å². The second-order valence-electron chi connectivity index (χ2n) is 5.65. The molecule has 1 saturated heterocycles. The zero-order valence-electron chi connectivity index (χ0n) is 14.8. The Labute approximate surface area is 166 Å². The zero-order chi connectivity index (χ0) is 22.9. The van der Waals surface area contributed by atoms with Crippen LogP contribution in [0.25, 0.3) is 0 Å². The van der Waals surface area contributed by atoms with Crippen molar-refractivity contribution in [2.75, 3.05) is 13.7 Å². The van der Waals surface area contributed by atoms with Crippen molar-refractivity contribution in [2.45, 2.75) is 24.4 Å². The Kier molecular flexibility index (Phi) is 7.76. The highest BCUT2D eigenvalue weighted by molar-refractivity contribution is 7.66. The Bertz CT molecular complexity index is 1020. The van der Waals surface area contributed by atoms with Crippen molar-refractivity contribution in [1.82, 2.24) is 9.97 Å². The van der Waals surface area contributed by atoms with Crippen LogP contribution in [0, 0.1) is 0 Å². The molecule has 172 valence electrons. The Morgan fingerprint density at radius 1 is 1.03 bits per heavy atom. The molecular formula is C10H17N2O15P3. The maximum atomic E-state index is 11.8. The minimum atomic E-state index is -5.62. The van der Waals surface area contributed by atoms with E-state index in [-0.39, 0.29) is 5.56 Å². The van der Waals surface area contributed by atoms with Crippen LogP contribution in [0.1, 0.15) is 11.7 Å². The number of hydrogen-bond donors (Lipinski definition) is 7. The van der Waals surface area contributed by atoms with E-state index in [2.05, 4.69) is 22.7 Å². The lowest BCUT2D eigenvalue weighted by atomic mass is 10.0. The first kappa shape index (κ1) is 25.2. The SMILES string of the molecule is COP(=O)(O)OP(=O)(O)OP(=O)(O)OC[C@H]1O[C@@H](c2c[nH]c(=O)[nH]c2=O)C(O)C1O. The first-order valence-corrected chi connectivity index (χ1v) is 12.1. The highest BCUT2D eigenvalue weighted by atomic mass is 31.3. The number of aliphatic hydroxyl groups is 2. The summed E-state index contributed by atoms with van der Waals surface area (Å²) in [4.78, 5) is 54.5. The number of phosphoric acid groups is 3. The van der Waals surface area contributed by atoms with Gasteiger partial charge in [0, 0.05) is 13.3 Å². The maximum Gasteiger partial charge on any atom is 0.490 e. The van der Waals surface area contributed by atoms with Gasteiger partial charge in [0.1, 0.15) is 24.4 Å². The molecule has 1 aromatic rings. The second-order valence-corrected chi connectivity index (χ2v) is 10.4. The molecule has 1 fully saturated rings. The molecule has 17 nitrogen and oxygen atoms in total. The normalized spacial score (nSPS) is 30.3. The fourth-order valence-electron chi connectivity index (χ4n) is 2.28. The van der Waals surface area contributed by atoms with Crippen molar-refractivity contribution in [3.63, 3.8) is 0 Å². The molecule has 1 aromatic heterocycles. The number of ether oxygens (including phenoxy) is 1. The van der Waals surface area contributed by atoms with Gasteiger partial charge in [0.25, 0.3) is 5.56 Å². The molecular weight excluding hydrogens is 481 g/mol. The van der Waals surface area contributed by atoms with E-state index < -0.39 is 65.7 Å². The summed E-state index contributed by atoms with van der Waals surface area (Å²) in [6.45, 7) is -1.01. The van der Waals surface area contributed by atoms with Gasteiger partial charge in [0.2, 0.25) is 0 Å². The summed E-state index contributed by atoms with van der Waals surface area (Å²) < 4.78 is 55.3. The molecule has 0 aromatic carbocycles. The van der Waals surface area contributed by atoms with E-state index in [0.29, 0.717) is 7.11 Å². The smallest absolute Gasteiger partial charge is 0.387 e. The number of aliphatic hydroxyl groups excluding tert-OH is 2. The van der Waals surface area contributed by atoms with Gasteiger partial charge in [-0.25, -0.2) is 18.5 Å². The van der Waals surface area contributed by atoms with Crippen LogP contribution in [0.2, 0.25) is 0 Å². The van der Waals surface area contributed by atoms with Gasteiger partial charge >= 0.3 is 29.2 Å². The molecule has 0 amide bonds. The van der Waals surface area contributed by atoms with Gasteiger partial charge in [-0.2, -0.15) is 8.62 Å². The van der Waals surface area contributed by atoms with E-state index in [0.717, 1.165) is 6.20 Å². The van der Waals surface area contributed by atoms with E-state index >= 15 is 0 Å². The van der Waals surface area contributed by atoms with Crippen LogP contribution < -0.4 is 11.2 Å². The van der Waals surface area contributed by atoms with Crippen LogP contribution in [0.5, 0.6) is 0 Å². The van der Waals surface area contributed by atoms with Gasteiger partial charge in [0.15, 0.2) is 0 Å². The summed E-state index contributed by atoms with van der Waals surface area (Å²) in [5, 5.41) is 20.0. The third kappa shape index (κ3) is 6.48. The van der Waals surface area contributed by atoms with Gasteiger partial charge in [0.05, 0.1) is 12.2 Å². The lowest BCUT2D eigenvalue weighted by Gasteiger charge is -2.19. The molecule has 1 aliphatic heterocycles. The summed E-state index contributed by atoms with van der Waals surface area (Å²) in [5.41, 5.74) is -2.05. The molecule has 20 heteroatoms. The summed E-state index contributed by atoms with van der Waals surface area (Å²) in [6, 6.07) is 0. The minimum Gasteiger partial charge on any atom is -0.387 e. The first-order valence-electron chi connectivity index (χ1n) is 7.61. The van der Waals surface area contributed by atoms with E-state index in [1.54, 1.807) is 0 Å². The number of H-pyrrole nitrogens is 2. The van der Waals surface area contributed by atoms with E-state index in [9.17, 15) is 43.3 Å². The predicted octanol–water partition coefficient (Wildman–Crippen LogP) is -1.78. The fourth-order valence-corrected chi connectivity index (χ4v) is 5.54. The Morgan fingerprint density at radius 2 is 1.63 bits per heavy atom. The highest BCUT2D eigenvalue weighted by Gasteiger charge is 2.47. The minimum absolute atomic E-state index is 0.279. The number of phosphoric ester groups is 2. The predicted molar refractivity (Wildman–Crippen MR) is 91.9 cm³/mol. The van der Waals surface area contributed by atoms with Crippen LogP contribution in [-0.2, 0) is 36.1 Å². The van der Waals surface area contributed by atoms with Crippen molar-refractivity contribution < 1.29 is 61.0 Å². The molecule has 0 radical (unpaired) electrons. The van der Waals surface area contributed by atoms with Crippen LogP contribution in [0.4, 0.5) is 0 Å². The number of rotatable bonds is 9. The molecule has 0 saturated carbocycles. The van der Waals surface area contributed by atoms with Crippen molar-refractivity contribution in [3.05, 3.63) is 32.6 Å². The molecule has 30 heavy (non-hydrogen) atoms. The third-order valence-electron chi connectivity index (χ3n) is 3.56. The van der Waals surface area contributed by atoms with Crippen LogP contribution in [0.15, 0.2) is 15.8 Å². The fraction of sp³-hybridized carbons (Fsp3) is 0.600. The standard InChI is InChI=1S/C10H17N2O15P3/c1-23-28(17,18)26-30(21,22)27-29(19,20)24-3-5-6(13)7(14)8(25-5)4-2-11-10(16)12-9(4)15/h2,5-8,13-14H,3H2,1H3,(H,17,18)(H,19,20)(H,21,22)(H2,11,12,15,16)/t5-,6?,7?,8+/m1/s1. The van der Waals surface area contributed by atoms with E-state index in [1.165, 1.54) is 0 Å². The van der Waals surface area contributed by atoms with Crippen molar-refractivity contribution in [3.8, 4) is 0 Å². The molecule has 0 aliphatic carbocycles.